The van der Waals surface area contributed by atoms with Crippen LogP contribution in [-0.4, -0.2) is 23.1 Å². The van der Waals surface area contributed by atoms with Crippen LogP contribution in [-0.2, 0) is 0 Å². The van der Waals surface area contributed by atoms with Crippen molar-refractivity contribution in [3.63, 3.8) is 0 Å². The van der Waals surface area contributed by atoms with Crippen LogP contribution in [0.3, 0.4) is 0 Å². The van der Waals surface area contributed by atoms with Gasteiger partial charge in [-0.05, 0) is 49.9 Å². The molecule has 2 amide bonds. The highest BCUT2D eigenvalue weighted by Gasteiger charge is 2.18. The molecule has 1 aromatic carbocycles. The molecule has 0 radical (unpaired) electrons. The van der Waals surface area contributed by atoms with Crippen molar-refractivity contribution >= 4 is 29.3 Å². The van der Waals surface area contributed by atoms with Gasteiger partial charge in [0.25, 0.3) is 11.8 Å². The predicted molar refractivity (Wildman–Crippen MR) is 88.4 cm³/mol. The van der Waals surface area contributed by atoms with Gasteiger partial charge in [-0.2, -0.15) is 0 Å². The van der Waals surface area contributed by atoms with Crippen LogP contribution in [0, 0.1) is 13.8 Å². The largest absolute Gasteiger partial charge is 0.366 e. The first-order valence-electron chi connectivity index (χ1n) is 6.66. The fourth-order valence-electron chi connectivity index (χ4n) is 2.08. The van der Waals surface area contributed by atoms with E-state index in [4.69, 9.17) is 5.73 Å². The number of amides is 2. The van der Waals surface area contributed by atoms with Crippen molar-refractivity contribution < 1.29 is 9.59 Å². The topological polar surface area (TPSA) is 85.1 Å². The smallest absolute Gasteiger partial charge is 0.275 e. The molecule has 3 N–H and O–H groups in total. The zero-order chi connectivity index (χ0) is 16.3. The third-order valence-electron chi connectivity index (χ3n) is 3.27. The van der Waals surface area contributed by atoms with E-state index in [1.165, 1.54) is 6.07 Å². The molecule has 0 unspecified atom stereocenters. The molecule has 6 heteroatoms. The molecule has 1 heterocycles. The number of benzene rings is 1. The number of aryl methyl sites for hydroxylation is 1. The van der Waals surface area contributed by atoms with Crippen molar-refractivity contribution in [2.45, 2.75) is 18.7 Å². The number of nitrogens with one attached hydrogen (secondary N) is 1. The Morgan fingerprint density at radius 2 is 1.91 bits per heavy atom. The number of nitrogens with two attached hydrogens (primary N) is 1. The molecular formula is C16H17N3O2S. The monoisotopic (exact) mass is 315 g/mol. The van der Waals surface area contributed by atoms with Crippen molar-refractivity contribution in [1.29, 1.82) is 0 Å². The summed E-state index contributed by atoms with van der Waals surface area (Å²) < 4.78 is 0. The molecule has 0 spiro atoms. The van der Waals surface area contributed by atoms with E-state index >= 15 is 0 Å². The van der Waals surface area contributed by atoms with Gasteiger partial charge < -0.3 is 11.1 Å². The average Bonchev–Trinajstić information content (AvgIpc) is 2.48. The lowest BCUT2D eigenvalue weighted by molar-refractivity contribution is 0.0974. The minimum atomic E-state index is -0.674. The highest BCUT2D eigenvalue weighted by Crippen LogP contribution is 2.26. The lowest BCUT2D eigenvalue weighted by Gasteiger charge is -2.12. The SMILES string of the molecule is CSc1cccc(NC(=O)c2nc(C)ccc2C(N)=O)c1C. The number of pyridine rings is 1. The highest BCUT2D eigenvalue weighted by molar-refractivity contribution is 7.98. The molecule has 2 aromatic rings. The van der Waals surface area contributed by atoms with Crippen LogP contribution in [0.5, 0.6) is 0 Å². The number of nitrogens with zero attached hydrogens (tertiary/aromatic N) is 1. The second-order valence-corrected chi connectivity index (χ2v) is 5.65. The summed E-state index contributed by atoms with van der Waals surface area (Å²) in [5, 5.41) is 2.80. The summed E-state index contributed by atoms with van der Waals surface area (Å²) in [5.41, 5.74) is 7.77. The Bertz CT molecular complexity index is 744. The Hall–Kier alpha value is -2.34. The number of hydrogen-bond acceptors (Lipinski definition) is 4. The molecule has 0 saturated carbocycles. The molecule has 0 fully saturated rings. The van der Waals surface area contributed by atoms with Gasteiger partial charge in [-0.15, -0.1) is 11.8 Å². The molecule has 2 rings (SSSR count). The van der Waals surface area contributed by atoms with Crippen molar-refractivity contribution in [3.8, 4) is 0 Å². The number of aromatic nitrogens is 1. The van der Waals surface area contributed by atoms with E-state index in [0.717, 1.165) is 10.5 Å². The van der Waals surface area contributed by atoms with Gasteiger partial charge >= 0.3 is 0 Å². The summed E-state index contributed by atoms with van der Waals surface area (Å²) in [6.45, 7) is 3.68. The predicted octanol–water partition coefficient (Wildman–Crippen LogP) is 2.77. The number of rotatable bonds is 4. The van der Waals surface area contributed by atoms with E-state index in [0.29, 0.717) is 11.4 Å². The minimum absolute atomic E-state index is 0.0430. The summed E-state index contributed by atoms with van der Waals surface area (Å²) in [5.74, 6) is -1.12. The van der Waals surface area contributed by atoms with E-state index in [1.807, 2.05) is 31.4 Å². The Morgan fingerprint density at radius 1 is 1.18 bits per heavy atom. The van der Waals surface area contributed by atoms with E-state index < -0.39 is 11.8 Å². The van der Waals surface area contributed by atoms with Crippen molar-refractivity contribution in [2.24, 2.45) is 5.73 Å². The number of thioether (sulfide) groups is 1. The second-order valence-electron chi connectivity index (χ2n) is 4.80. The Labute approximate surface area is 133 Å². The summed E-state index contributed by atoms with van der Waals surface area (Å²) >= 11 is 1.60. The van der Waals surface area contributed by atoms with Crippen molar-refractivity contribution in [3.05, 3.63) is 52.8 Å². The van der Waals surface area contributed by atoms with Crippen LogP contribution in [0.4, 0.5) is 5.69 Å². The minimum Gasteiger partial charge on any atom is -0.366 e. The van der Waals surface area contributed by atoms with Crippen LogP contribution >= 0.6 is 11.8 Å². The van der Waals surface area contributed by atoms with Gasteiger partial charge in [0.1, 0.15) is 5.69 Å². The molecule has 5 nitrogen and oxygen atoms in total. The van der Waals surface area contributed by atoms with Crippen LogP contribution in [0.25, 0.3) is 0 Å². The van der Waals surface area contributed by atoms with Gasteiger partial charge in [0.05, 0.1) is 5.56 Å². The van der Waals surface area contributed by atoms with Crippen LogP contribution in [0.15, 0.2) is 35.2 Å². The Balaban J connectivity index is 2.38. The third-order valence-corrected chi connectivity index (χ3v) is 4.15. The Morgan fingerprint density at radius 3 is 2.55 bits per heavy atom. The maximum atomic E-state index is 12.5. The highest BCUT2D eigenvalue weighted by atomic mass is 32.2. The summed E-state index contributed by atoms with van der Waals surface area (Å²) in [7, 11) is 0. The maximum absolute atomic E-state index is 12.5. The van der Waals surface area contributed by atoms with Gasteiger partial charge in [-0.25, -0.2) is 4.98 Å². The van der Waals surface area contributed by atoms with Crippen LogP contribution in [0.1, 0.15) is 32.1 Å². The molecule has 1 aromatic heterocycles. The molecule has 22 heavy (non-hydrogen) atoms. The first-order chi connectivity index (χ1) is 10.4. The molecule has 0 bridgehead atoms. The molecule has 0 aliphatic rings. The average molecular weight is 315 g/mol. The van der Waals surface area contributed by atoms with Crippen LogP contribution < -0.4 is 11.1 Å². The molecular weight excluding hydrogens is 298 g/mol. The zero-order valence-corrected chi connectivity index (χ0v) is 13.5. The van der Waals surface area contributed by atoms with E-state index in [2.05, 4.69) is 10.3 Å². The number of carbonyl (C=O) groups is 2. The molecule has 0 aliphatic carbocycles. The van der Waals surface area contributed by atoms with Gasteiger partial charge in [0.15, 0.2) is 0 Å². The second kappa shape index (κ2) is 6.62. The third kappa shape index (κ3) is 3.28. The fourth-order valence-corrected chi connectivity index (χ4v) is 2.71. The quantitative estimate of drug-likeness (QED) is 0.850. The lowest BCUT2D eigenvalue weighted by atomic mass is 10.1. The Kier molecular flexibility index (Phi) is 4.82. The van der Waals surface area contributed by atoms with Gasteiger partial charge in [-0.1, -0.05) is 6.07 Å². The zero-order valence-electron chi connectivity index (χ0n) is 12.6. The van der Waals surface area contributed by atoms with Gasteiger partial charge in [-0.3, -0.25) is 9.59 Å². The molecule has 0 saturated heterocycles. The van der Waals surface area contributed by atoms with Crippen molar-refractivity contribution in [1.82, 2.24) is 4.98 Å². The summed E-state index contributed by atoms with van der Waals surface area (Å²) in [4.78, 5) is 29.1. The molecule has 0 atom stereocenters. The van der Waals surface area contributed by atoms with Crippen molar-refractivity contribution in [2.75, 3.05) is 11.6 Å². The van der Waals surface area contributed by atoms with Crippen LogP contribution in [0.2, 0.25) is 0 Å². The molecule has 0 aliphatic heterocycles. The maximum Gasteiger partial charge on any atom is 0.275 e. The first kappa shape index (κ1) is 16.0. The van der Waals surface area contributed by atoms with Gasteiger partial charge in [0.2, 0.25) is 0 Å². The number of anilines is 1. The summed E-state index contributed by atoms with van der Waals surface area (Å²) in [6, 6.07) is 8.83. The normalized spacial score (nSPS) is 10.3. The van der Waals surface area contributed by atoms with E-state index in [1.54, 1.807) is 24.8 Å². The standard InChI is InChI=1S/C16H17N3O2S/c1-9-7-8-11(15(17)20)14(18-9)16(21)19-12-5-4-6-13(22-3)10(12)2/h4-8H,1-3H3,(H2,17,20)(H,19,21). The van der Waals surface area contributed by atoms with E-state index in [-0.39, 0.29) is 11.3 Å². The van der Waals surface area contributed by atoms with Gasteiger partial charge in [0, 0.05) is 16.3 Å². The summed E-state index contributed by atoms with van der Waals surface area (Å²) in [6.07, 6.45) is 1.97. The number of primary amides is 1. The lowest BCUT2D eigenvalue weighted by Crippen LogP contribution is -2.22. The number of hydrogen-bond donors (Lipinski definition) is 2. The number of carbonyl (C=O) groups excluding carboxylic acids is 2. The van der Waals surface area contributed by atoms with E-state index in [9.17, 15) is 9.59 Å². The molecule has 114 valence electrons. The fraction of sp³-hybridized carbons (Fsp3) is 0.188. The first-order valence-corrected chi connectivity index (χ1v) is 7.89.